The third kappa shape index (κ3) is 1.15. The molecule has 1 rings (SSSR count). The highest BCUT2D eigenvalue weighted by Crippen LogP contribution is 2.12. The first-order valence-electron chi connectivity index (χ1n) is 3.40. The number of hydrogen-bond acceptors (Lipinski definition) is 4. The molecule has 4 nitrogen and oxygen atoms in total. The third-order valence-electron chi connectivity index (χ3n) is 1.95. The van der Waals surface area contributed by atoms with Crippen LogP contribution in [0.2, 0.25) is 0 Å². The summed E-state index contributed by atoms with van der Waals surface area (Å²) < 4.78 is 0. The van der Waals surface area contributed by atoms with Gasteiger partial charge in [0.1, 0.15) is 0 Å². The molecule has 4 N–H and O–H groups in total. The maximum Gasteiger partial charge on any atom is 0.0989 e. The van der Waals surface area contributed by atoms with Gasteiger partial charge in [-0.25, -0.2) is 0 Å². The molecule has 0 amide bonds. The van der Waals surface area contributed by atoms with E-state index >= 15 is 0 Å². The van der Waals surface area contributed by atoms with Crippen molar-refractivity contribution in [1.82, 2.24) is 5.32 Å². The van der Waals surface area contributed by atoms with Crippen molar-refractivity contribution in [2.45, 2.75) is 31.2 Å². The molecule has 1 saturated heterocycles. The number of hydrogen-bond donors (Lipinski definition) is 4. The minimum absolute atomic E-state index is 0.132. The first-order valence-corrected chi connectivity index (χ1v) is 3.40. The first kappa shape index (κ1) is 7.94. The Morgan fingerprint density at radius 1 is 1.30 bits per heavy atom. The SMILES string of the molecule is C[C@H]1NC(CO)[C@@H](O)C1O. The monoisotopic (exact) mass is 147 g/mol. The number of nitrogens with one attached hydrogen (secondary N) is 1. The molecule has 4 atom stereocenters. The molecule has 0 aromatic heterocycles. The zero-order chi connectivity index (χ0) is 7.72. The molecule has 2 unspecified atom stereocenters. The zero-order valence-corrected chi connectivity index (χ0v) is 5.86. The van der Waals surface area contributed by atoms with Crippen molar-refractivity contribution in [3.8, 4) is 0 Å². The Balaban J connectivity index is 2.53. The van der Waals surface area contributed by atoms with E-state index in [0.717, 1.165) is 0 Å². The number of aliphatic hydroxyl groups excluding tert-OH is 3. The molecular formula is C6H13NO3. The van der Waals surface area contributed by atoms with Crippen molar-refractivity contribution in [3.63, 3.8) is 0 Å². The van der Waals surface area contributed by atoms with Gasteiger partial charge in [-0.15, -0.1) is 0 Å². The van der Waals surface area contributed by atoms with E-state index in [4.69, 9.17) is 15.3 Å². The minimum atomic E-state index is -0.833. The second kappa shape index (κ2) is 2.84. The van der Waals surface area contributed by atoms with Crippen molar-refractivity contribution in [1.29, 1.82) is 0 Å². The quantitative estimate of drug-likeness (QED) is 0.348. The Bertz CT molecular complexity index is 120. The molecule has 10 heavy (non-hydrogen) atoms. The summed E-state index contributed by atoms with van der Waals surface area (Å²) in [5.41, 5.74) is 0. The average Bonchev–Trinajstić information content (AvgIpc) is 2.17. The highest BCUT2D eigenvalue weighted by atomic mass is 16.3. The van der Waals surface area contributed by atoms with Crippen LogP contribution in [0.15, 0.2) is 0 Å². The maximum atomic E-state index is 9.16. The van der Waals surface area contributed by atoms with Crippen LogP contribution in [0.1, 0.15) is 6.92 Å². The highest BCUT2D eigenvalue weighted by molar-refractivity contribution is 4.95. The van der Waals surface area contributed by atoms with Crippen molar-refractivity contribution >= 4 is 0 Å². The first-order chi connectivity index (χ1) is 4.66. The maximum absolute atomic E-state index is 9.16. The summed E-state index contributed by atoms with van der Waals surface area (Å²) in [6.07, 6.45) is -1.59. The van der Waals surface area contributed by atoms with Crippen molar-refractivity contribution in [3.05, 3.63) is 0 Å². The van der Waals surface area contributed by atoms with E-state index in [1.807, 2.05) is 0 Å². The van der Waals surface area contributed by atoms with Crippen LogP contribution in [0.4, 0.5) is 0 Å². The van der Waals surface area contributed by atoms with Gasteiger partial charge >= 0.3 is 0 Å². The number of aliphatic hydroxyl groups is 3. The second-order valence-electron chi connectivity index (χ2n) is 2.73. The largest absolute Gasteiger partial charge is 0.395 e. The standard InChI is InChI=1S/C6H13NO3/c1-3-5(9)6(10)4(2-8)7-3/h3-10H,2H2,1H3/t3-,4?,5?,6-/m1/s1. The van der Waals surface area contributed by atoms with Crippen LogP contribution in [0, 0.1) is 0 Å². The van der Waals surface area contributed by atoms with Crippen molar-refractivity contribution < 1.29 is 15.3 Å². The third-order valence-corrected chi connectivity index (χ3v) is 1.95. The van der Waals surface area contributed by atoms with Gasteiger partial charge in [0.15, 0.2) is 0 Å². The van der Waals surface area contributed by atoms with E-state index in [1.165, 1.54) is 0 Å². The van der Waals surface area contributed by atoms with Gasteiger partial charge < -0.3 is 20.6 Å². The Hall–Kier alpha value is -0.160. The van der Waals surface area contributed by atoms with Gasteiger partial charge in [0, 0.05) is 6.04 Å². The minimum Gasteiger partial charge on any atom is -0.395 e. The van der Waals surface area contributed by atoms with Gasteiger partial charge in [-0.3, -0.25) is 0 Å². The molecule has 0 aromatic rings. The molecule has 1 aliphatic rings. The van der Waals surface area contributed by atoms with E-state index in [-0.39, 0.29) is 18.7 Å². The van der Waals surface area contributed by atoms with Gasteiger partial charge in [-0.2, -0.15) is 0 Å². The van der Waals surface area contributed by atoms with Crippen molar-refractivity contribution in [2.75, 3.05) is 6.61 Å². The zero-order valence-electron chi connectivity index (χ0n) is 5.86. The lowest BCUT2D eigenvalue weighted by Gasteiger charge is -2.11. The Kier molecular flexibility index (Phi) is 2.25. The molecule has 1 aliphatic heterocycles. The number of rotatable bonds is 1. The van der Waals surface area contributed by atoms with Gasteiger partial charge in [0.05, 0.1) is 24.9 Å². The van der Waals surface area contributed by atoms with Crippen LogP contribution in [-0.2, 0) is 0 Å². The molecule has 4 heteroatoms. The summed E-state index contributed by atoms with van der Waals surface area (Å²) in [6, 6.07) is -0.503. The van der Waals surface area contributed by atoms with E-state index in [9.17, 15) is 0 Å². The smallest absolute Gasteiger partial charge is 0.0989 e. The van der Waals surface area contributed by atoms with Crippen LogP contribution in [0.25, 0.3) is 0 Å². The van der Waals surface area contributed by atoms with Crippen LogP contribution >= 0.6 is 0 Å². The van der Waals surface area contributed by atoms with E-state index in [1.54, 1.807) is 6.92 Å². The summed E-state index contributed by atoms with van der Waals surface area (Å²) in [4.78, 5) is 0. The van der Waals surface area contributed by atoms with Crippen LogP contribution in [0.5, 0.6) is 0 Å². The van der Waals surface area contributed by atoms with Crippen LogP contribution in [-0.4, -0.2) is 46.2 Å². The Morgan fingerprint density at radius 3 is 2.10 bits per heavy atom. The van der Waals surface area contributed by atoms with Crippen molar-refractivity contribution in [2.24, 2.45) is 0 Å². The van der Waals surface area contributed by atoms with E-state index in [2.05, 4.69) is 5.32 Å². The lowest BCUT2D eigenvalue weighted by molar-refractivity contribution is 0.0214. The molecule has 0 bridgehead atoms. The second-order valence-corrected chi connectivity index (χ2v) is 2.73. The Morgan fingerprint density at radius 2 is 1.90 bits per heavy atom. The average molecular weight is 147 g/mol. The molecule has 0 aliphatic carbocycles. The lowest BCUT2D eigenvalue weighted by Crippen LogP contribution is -2.36. The fourth-order valence-electron chi connectivity index (χ4n) is 1.23. The normalized spacial score (nSPS) is 48.0. The van der Waals surface area contributed by atoms with Crippen LogP contribution < -0.4 is 5.32 Å². The summed E-state index contributed by atoms with van der Waals surface area (Å²) >= 11 is 0. The topological polar surface area (TPSA) is 72.7 Å². The Labute approximate surface area is 59.5 Å². The summed E-state index contributed by atoms with van der Waals surface area (Å²) in [5.74, 6) is 0. The fourth-order valence-corrected chi connectivity index (χ4v) is 1.23. The van der Waals surface area contributed by atoms with Gasteiger partial charge in [0.25, 0.3) is 0 Å². The lowest BCUT2D eigenvalue weighted by atomic mass is 10.1. The van der Waals surface area contributed by atoms with Gasteiger partial charge in [-0.1, -0.05) is 0 Å². The predicted molar refractivity (Wildman–Crippen MR) is 35.5 cm³/mol. The highest BCUT2D eigenvalue weighted by Gasteiger charge is 2.37. The fraction of sp³-hybridized carbons (Fsp3) is 1.00. The molecule has 60 valence electrons. The van der Waals surface area contributed by atoms with E-state index < -0.39 is 12.2 Å². The summed E-state index contributed by atoms with van der Waals surface area (Å²) in [7, 11) is 0. The predicted octanol–water partition coefficient (Wildman–Crippen LogP) is -1.94. The molecule has 0 spiro atoms. The molecule has 0 aromatic carbocycles. The molecular weight excluding hydrogens is 134 g/mol. The molecule has 0 radical (unpaired) electrons. The molecule has 0 saturated carbocycles. The van der Waals surface area contributed by atoms with Gasteiger partial charge in [0.2, 0.25) is 0 Å². The summed E-state index contributed by atoms with van der Waals surface area (Å²) in [5, 5.41) is 29.8. The van der Waals surface area contributed by atoms with Crippen LogP contribution in [0.3, 0.4) is 0 Å². The van der Waals surface area contributed by atoms with Gasteiger partial charge in [-0.05, 0) is 6.92 Å². The molecule has 1 fully saturated rings. The van der Waals surface area contributed by atoms with E-state index in [0.29, 0.717) is 0 Å². The summed E-state index contributed by atoms with van der Waals surface area (Å²) in [6.45, 7) is 1.63. The molecule has 1 heterocycles.